The van der Waals surface area contributed by atoms with Crippen molar-refractivity contribution in [1.82, 2.24) is 20.2 Å². The summed E-state index contributed by atoms with van der Waals surface area (Å²) in [6, 6.07) is 22.4. The predicted molar refractivity (Wildman–Crippen MR) is 267 cm³/mol. The minimum Gasteiger partial charge on any atom is -0.489 e. The van der Waals surface area contributed by atoms with Crippen LogP contribution in [0.3, 0.4) is 0 Å². The van der Waals surface area contributed by atoms with E-state index in [0.29, 0.717) is 67.3 Å². The number of benzene rings is 4. The quantitative estimate of drug-likeness (QED) is 0.0519. The number of H-pyrrole nitrogens is 1. The summed E-state index contributed by atoms with van der Waals surface area (Å²) < 4.78 is 76.4. The molecule has 0 aliphatic heterocycles. The Morgan fingerprint density at radius 3 is 1.46 bits per heavy atom. The zero-order valence-corrected chi connectivity index (χ0v) is 42.7. The summed E-state index contributed by atoms with van der Waals surface area (Å²) in [6.45, 7) is 4.56. The van der Waals surface area contributed by atoms with Crippen LogP contribution in [0.4, 0.5) is 11.4 Å². The lowest BCUT2D eigenvalue weighted by Crippen LogP contribution is -2.31. The van der Waals surface area contributed by atoms with E-state index in [9.17, 15) is 16.8 Å². The fraction of sp³-hybridized carbons (Fsp3) is 0.311. The van der Waals surface area contributed by atoms with E-state index in [4.69, 9.17) is 88.6 Å². The highest BCUT2D eigenvalue weighted by atomic mass is 35.5. The lowest BCUT2D eigenvalue weighted by Gasteiger charge is -2.38. The molecular weight excluding hydrogens is 1030 g/mol. The number of nitrogens with zero attached hydrogens (tertiary/aromatic N) is 3. The van der Waals surface area contributed by atoms with Crippen molar-refractivity contribution in [3.8, 4) is 23.0 Å². The van der Waals surface area contributed by atoms with Crippen molar-refractivity contribution in [2.75, 3.05) is 46.9 Å². The molecule has 4 aromatic carbocycles. The predicted octanol–water partition coefficient (Wildman–Crippen LogP) is 11.0. The van der Waals surface area contributed by atoms with E-state index in [1.165, 1.54) is 18.7 Å². The van der Waals surface area contributed by atoms with E-state index in [1.54, 1.807) is 0 Å². The van der Waals surface area contributed by atoms with E-state index in [0.717, 1.165) is 34.8 Å². The average molecular weight is 1080 g/mol. The van der Waals surface area contributed by atoms with Crippen LogP contribution in [0, 0.1) is 0 Å². The molecule has 0 radical (unpaired) electrons. The summed E-state index contributed by atoms with van der Waals surface area (Å²) >= 11 is 39.4. The van der Waals surface area contributed by atoms with Gasteiger partial charge in [0, 0.05) is 10.8 Å². The molecule has 2 heterocycles. The van der Waals surface area contributed by atoms with Crippen molar-refractivity contribution in [2.45, 2.75) is 50.7 Å². The van der Waals surface area contributed by atoms with Crippen LogP contribution in [0.1, 0.15) is 60.3 Å². The largest absolute Gasteiger partial charge is 0.489 e. The lowest BCUT2D eigenvalue weighted by molar-refractivity contribution is 0.301. The molecular formula is C45H46Cl6N6O8S2. The zero-order chi connectivity index (χ0) is 48.6. The highest BCUT2D eigenvalue weighted by Gasteiger charge is 2.37. The zero-order valence-electron chi connectivity index (χ0n) is 36.5. The second kappa shape index (κ2) is 22.4. The summed E-state index contributed by atoms with van der Waals surface area (Å²) in [5.41, 5.74) is 3.10. The molecule has 6 rings (SSSR count). The summed E-state index contributed by atoms with van der Waals surface area (Å²) in [5, 5.41) is 7.97. The molecule has 0 amide bonds. The molecule has 0 aliphatic rings. The summed E-state index contributed by atoms with van der Waals surface area (Å²) in [6.07, 6.45) is 7.14. The molecule has 0 aliphatic carbocycles. The Hall–Kier alpha value is -4.39. The Labute approximate surface area is 420 Å². The number of sulfonamides is 2. The molecule has 2 unspecified atom stereocenters. The van der Waals surface area contributed by atoms with E-state index in [1.807, 2.05) is 72.8 Å². The third-order valence-corrected chi connectivity index (χ3v) is 13.5. The fourth-order valence-corrected chi connectivity index (χ4v) is 9.83. The summed E-state index contributed by atoms with van der Waals surface area (Å²) in [4.78, 5) is 8.15. The SMILES string of the molecule is CC(CCC(C)(c1ccc(OCc2[nH]ncc2NS(C)(=O)=O)cc1)c1cc(Cl)c(OCCCl)c(Cl)c1)(c1ccc(OCc2ncncc2NS(C)(=O)=O)cc1)c1cc(Cl)c(OCCCl)c(Cl)c1. The van der Waals surface area contributed by atoms with Gasteiger partial charge in [0.1, 0.15) is 49.9 Å². The van der Waals surface area contributed by atoms with Gasteiger partial charge < -0.3 is 18.9 Å². The van der Waals surface area contributed by atoms with Crippen molar-refractivity contribution in [3.63, 3.8) is 0 Å². The van der Waals surface area contributed by atoms with E-state index in [-0.39, 0.29) is 49.6 Å². The monoisotopic (exact) mass is 1070 g/mol. The van der Waals surface area contributed by atoms with E-state index in [2.05, 4.69) is 43.5 Å². The molecule has 358 valence electrons. The summed E-state index contributed by atoms with van der Waals surface area (Å²) in [5.74, 6) is 2.12. The van der Waals surface area contributed by atoms with Crippen LogP contribution in [0.15, 0.2) is 91.5 Å². The molecule has 22 heteroatoms. The smallest absolute Gasteiger partial charge is 0.229 e. The van der Waals surface area contributed by atoms with Gasteiger partial charge in [-0.1, -0.05) is 84.5 Å². The number of rotatable bonds is 23. The number of aromatic nitrogens is 4. The Morgan fingerprint density at radius 2 is 1.03 bits per heavy atom. The number of halogens is 6. The van der Waals surface area contributed by atoms with Gasteiger partial charge in [-0.2, -0.15) is 5.10 Å². The Bertz CT molecular complexity index is 2850. The number of aromatic amines is 1. The van der Waals surface area contributed by atoms with Gasteiger partial charge in [-0.3, -0.25) is 14.5 Å². The first-order valence-corrected chi connectivity index (χ1v) is 26.7. The number of nitrogens with one attached hydrogen (secondary N) is 3. The second-order valence-corrected chi connectivity index (χ2v) is 21.7. The topological polar surface area (TPSA) is 184 Å². The van der Waals surface area contributed by atoms with Gasteiger partial charge in [0.15, 0.2) is 11.5 Å². The molecule has 2 aromatic heterocycles. The first kappa shape index (κ1) is 52.0. The van der Waals surface area contributed by atoms with Crippen LogP contribution >= 0.6 is 69.6 Å². The molecule has 0 fully saturated rings. The van der Waals surface area contributed by atoms with Crippen molar-refractivity contribution >= 4 is 101 Å². The molecule has 0 spiro atoms. The molecule has 6 aromatic rings. The highest BCUT2D eigenvalue weighted by Crippen LogP contribution is 2.49. The van der Waals surface area contributed by atoms with Gasteiger partial charge in [-0.05, 0) is 83.6 Å². The fourth-order valence-electron chi connectivity index (χ4n) is 7.34. The Kier molecular flexibility index (Phi) is 17.4. The van der Waals surface area contributed by atoms with E-state index >= 15 is 0 Å². The highest BCUT2D eigenvalue weighted by molar-refractivity contribution is 7.92. The Morgan fingerprint density at radius 1 is 0.597 bits per heavy atom. The normalized spacial score (nSPS) is 13.6. The molecule has 3 N–H and O–H groups in total. The average Bonchev–Trinajstić information content (AvgIpc) is 3.71. The first-order chi connectivity index (χ1) is 31.7. The van der Waals surface area contributed by atoms with Crippen molar-refractivity contribution < 1.29 is 35.8 Å². The van der Waals surface area contributed by atoms with Crippen LogP contribution in [0.2, 0.25) is 20.1 Å². The third-order valence-electron chi connectivity index (χ3n) is 10.9. The number of hydrogen-bond acceptors (Lipinski definition) is 11. The van der Waals surface area contributed by atoms with Crippen LogP contribution in [0.25, 0.3) is 0 Å². The number of alkyl halides is 2. The summed E-state index contributed by atoms with van der Waals surface area (Å²) in [7, 11) is -7.14. The van der Waals surface area contributed by atoms with Crippen molar-refractivity contribution in [1.29, 1.82) is 0 Å². The minimum atomic E-state index is -3.59. The maximum Gasteiger partial charge on any atom is 0.229 e. The van der Waals surface area contributed by atoms with Gasteiger partial charge in [-0.15, -0.1) is 23.2 Å². The van der Waals surface area contributed by atoms with Gasteiger partial charge >= 0.3 is 0 Å². The third kappa shape index (κ3) is 13.4. The second-order valence-electron chi connectivity index (χ2n) is 15.8. The van der Waals surface area contributed by atoms with Crippen molar-refractivity contribution in [3.05, 3.63) is 145 Å². The number of hydrogen-bond donors (Lipinski definition) is 3. The van der Waals surface area contributed by atoms with Crippen LogP contribution in [-0.2, 0) is 44.1 Å². The Balaban J connectivity index is 1.37. The van der Waals surface area contributed by atoms with Gasteiger partial charge in [0.05, 0.1) is 73.8 Å². The molecule has 14 nitrogen and oxygen atoms in total. The standard InChI is InChI=1S/C45H46Cl6N6O8S2/c1-44(30-19-34(48)42(35(49)20-30)62-17-15-46,28-5-9-32(10-6-28)64-25-40-38(23-52-27-53-40)56-66(3,58)59)13-14-45(2,31-21-36(50)43(37(51)22-31)63-18-16-47)29-7-11-33(12-8-29)65-26-41-39(24-54-55-41)57-67(4,60)61/h5-12,19-24,27,56-57H,13-18,25-26H2,1-4H3,(H,54,55). The molecule has 0 bridgehead atoms. The molecule has 2 atom stereocenters. The van der Waals surface area contributed by atoms with Crippen LogP contribution in [-0.4, -0.2) is 74.5 Å². The minimum absolute atomic E-state index is 0.00844. The molecule has 67 heavy (non-hydrogen) atoms. The number of anilines is 2. The van der Waals surface area contributed by atoms with Crippen molar-refractivity contribution in [2.24, 2.45) is 0 Å². The maximum atomic E-state index is 12.0. The lowest BCUT2D eigenvalue weighted by atomic mass is 9.66. The van der Waals surface area contributed by atoms with Crippen LogP contribution in [0.5, 0.6) is 23.0 Å². The van der Waals surface area contributed by atoms with E-state index < -0.39 is 30.9 Å². The van der Waals surface area contributed by atoms with Gasteiger partial charge in [-0.25, -0.2) is 26.8 Å². The number of ether oxygens (including phenoxy) is 4. The van der Waals surface area contributed by atoms with Gasteiger partial charge in [0.25, 0.3) is 0 Å². The first-order valence-electron chi connectivity index (χ1n) is 20.3. The molecule has 0 saturated heterocycles. The molecule has 0 saturated carbocycles. The van der Waals surface area contributed by atoms with Gasteiger partial charge in [0.2, 0.25) is 20.0 Å². The van der Waals surface area contributed by atoms with Crippen LogP contribution < -0.4 is 28.4 Å². The maximum absolute atomic E-state index is 12.0.